The van der Waals surface area contributed by atoms with Crippen molar-refractivity contribution in [2.24, 2.45) is 0 Å². The predicted octanol–water partition coefficient (Wildman–Crippen LogP) is 6.90. The Bertz CT molecular complexity index is 1270. The van der Waals surface area contributed by atoms with Crippen LogP contribution in [0.15, 0.2) is 64.6 Å². The van der Waals surface area contributed by atoms with E-state index in [1.54, 1.807) is 55.6 Å². The number of anilines is 1. The second-order valence-electron chi connectivity index (χ2n) is 6.91. The highest BCUT2D eigenvalue weighted by Crippen LogP contribution is 2.35. The molecule has 0 saturated carbocycles. The third kappa shape index (κ3) is 6.45. The molecule has 0 aromatic heterocycles. The number of halogens is 3. The molecule has 0 heterocycles. The summed E-state index contributed by atoms with van der Waals surface area (Å²) < 4.78 is 17.1. The van der Waals surface area contributed by atoms with Crippen molar-refractivity contribution in [3.63, 3.8) is 0 Å². The number of amides is 1. The fourth-order valence-corrected chi connectivity index (χ4v) is 3.66. The lowest BCUT2D eigenvalue weighted by atomic mass is 10.1. The van der Waals surface area contributed by atoms with Crippen LogP contribution in [0.2, 0.25) is 10.0 Å². The molecule has 3 aromatic carbocycles. The molecule has 0 bridgehead atoms. The van der Waals surface area contributed by atoms with Gasteiger partial charge in [0.2, 0.25) is 0 Å². The van der Waals surface area contributed by atoms with Crippen LogP contribution in [-0.4, -0.2) is 20.1 Å². The molecular weight excluding hydrogens is 543 g/mol. The third-order valence-corrected chi connectivity index (χ3v) is 6.10. The van der Waals surface area contributed by atoms with Crippen LogP contribution in [0.4, 0.5) is 5.69 Å². The van der Waals surface area contributed by atoms with Gasteiger partial charge in [-0.25, -0.2) is 0 Å². The van der Waals surface area contributed by atoms with E-state index in [0.29, 0.717) is 43.0 Å². The average molecular weight is 562 g/mol. The molecule has 0 fully saturated rings. The first kappa shape index (κ1) is 25.4. The SMILES string of the molecule is COc1ccc(NC(=O)/C(C#N)=C\c2cc(OC)c(OCc3ccc(Cl)c(Cl)c3)cc2Br)cc1. The number of nitrogens with one attached hydrogen (secondary N) is 1. The molecule has 3 rings (SSSR count). The summed E-state index contributed by atoms with van der Waals surface area (Å²) in [7, 11) is 3.06. The van der Waals surface area contributed by atoms with Crippen LogP contribution in [0.3, 0.4) is 0 Å². The highest BCUT2D eigenvalue weighted by Gasteiger charge is 2.14. The van der Waals surface area contributed by atoms with Crippen LogP contribution >= 0.6 is 39.1 Å². The predicted molar refractivity (Wildman–Crippen MR) is 137 cm³/mol. The lowest BCUT2D eigenvalue weighted by Crippen LogP contribution is -2.13. The number of nitriles is 1. The van der Waals surface area contributed by atoms with Gasteiger partial charge in [0.15, 0.2) is 11.5 Å². The Balaban J connectivity index is 1.80. The van der Waals surface area contributed by atoms with Gasteiger partial charge >= 0.3 is 0 Å². The van der Waals surface area contributed by atoms with Crippen LogP contribution in [0.25, 0.3) is 6.08 Å². The molecule has 0 aliphatic rings. The van der Waals surface area contributed by atoms with Gasteiger partial charge < -0.3 is 19.5 Å². The number of carbonyl (C=O) groups excluding carboxylic acids is 1. The van der Waals surface area contributed by atoms with Gasteiger partial charge in [0.1, 0.15) is 24.0 Å². The number of rotatable bonds is 8. The highest BCUT2D eigenvalue weighted by molar-refractivity contribution is 9.10. The first-order valence-electron chi connectivity index (χ1n) is 9.86. The Hall–Kier alpha value is -3.18. The van der Waals surface area contributed by atoms with Crippen molar-refractivity contribution in [3.8, 4) is 23.3 Å². The van der Waals surface area contributed by atoms with Crippen LogP contribution in [0, 0.1) is 11.3 Å². The van der Waals surface area contributed by atoms with Gasteiger partial charge in [-0.05, 0) is 65.7 Å². The lowest BCUT2D eigenvalue weighted by molar-refractivity contribution is -0.112. The summed E-state index contributed by atoms with van der Waals surface area (Å²) in [5.74, 6) is 1.02. The molecule has 6 nitrogen and oxygen atoms in total. The Labute approximate surface area is 215 Å². The summed E-state index contributed by atoms with van der Waals surface area (Å²) in [5.41, 5.74) is 1.86. The number of carbonyl (C=O) groups is 1. The molecule has 174 valence electrons. The first-order valence-corrected chi connectivity index (χ1v) is 11.4. The topological polar surface area (TPSA) is 80.6 Å². The minimum Gasteiger partial charge on any atom is -0.497 e. The van der Waals surface area contributed by atoms with Crippen molar-refractivity contribution in [1.29, 1.82) is 5.26 Å². The fourth-order valence-electron chi connectivity index (χ4n) is 2.90. The zero-order chi connectivity index (χ0) is 24.7. The van der Waals surface area contributed by atoms with Crippen molar-refractivity contribution in [2.45, 2.75) is 6.61 Å². The zero-order valence-corrected chi connectivity index (χ0v) is 21.3. The number of hydrogen-bond acceptors (Lipinski definition) is 5. The quantitative estimate of drug-likeness (QED) is 0.239. The molecule has 0 aliphatic heterocycles. The molecular formula is C25H19BrCl2N2O4. The van der Waals surface area contributed by atoms with Crippen LogP contribution in [-0.2, 0) is 11.4 Å². The standard InChI is InChI=1S/C25H19BrCl2N2O4/c1-32-19-6-4-18(5-7-19)30-25(31)17(13-29)10-16-11-23(33-2)24(12-20(16)26)34-14-15-3-8-21(27)22(28)9-15/h3-12H,14H2,1-2H3,(H,30,31)/b17-10-. The van der Waals surface area contributed by atoms with Crippen LogP contribution in [0.5, 0.6) is 17.2 Å². The molecule has 9 heteroatoms. The molecule has 0 radical (unpaired) electrons. The Morgan fingerprint density at radius 3 is 2.38 bits per heavy atom. The zero-order valence-electron chi connectivity index (χ0n) is 18.2. The fraction of sp³-hybridized carbons (Fsp3) is 0.120. The molecule has 0 spiro atoms. The highest BCUT2D eigenvalue weighted by atomic mass is 79.9. The summed E-state index contributed by atoms with van der Waals surface area (Å²) in [4.78, 5) is 12.6. The normalized spacial score (nSPS) is 10.9. The summed E-state index contributed by atoms with van der Waals surface area (Å²) in [6.07, 6.45) is 1.47. The maximum atomic E-state index is 12.6. The van der Waals surface area contributed by atoms with E-state index in [2.05, 4.69) is 21.2 Å². The van der Waals surface area contributed by atoms with E-state index in [1.807, 2.05) is 12.1 Å². The Morgan fingerprint density at radius 1 is 1.03 bits per heavy atom. The number of ether oxygens (including phenoxy) is 3. The monoisotopic (exact) mass is 560 g/mol. The molecule has 0 atom stereocenters. The smallest absolute Gasteiger partial charge is 0.266 e. The van der Waals surface area contributed by atoms with Crippen molar-refractivity contribution < 1.29 is 19.0 Å². The maximum Gasteiger partial charge on any atom is 0.266 e. The van der Waals surface area contributed by atoms with E-state index in [0.717, 1.165) is 5.56 Å². The van der Waals surface area contributed by atoms with Gasteiger partial charge in [-0.2, -0.15) is 5.26 Å². The second kappa shape index (κ2) is 11.8. The van der Waals surface area contributed by atoms with Crippen molar-refractivity contribution in [3.05, 3.63) is 85.8 Å². The number of nitrogens with zero attached hydrogens (tertiary/aromatic N) is 1. The van der Waals surface area contributed by atoms with E-state index < -0.39 is 5.91 Å². The molecule has 3 aromatic rings. The van der Waals surface area contributed by atoms with E-state index >= 15 is 0 Å². The lowest BCUT2D eigenvalue weighted by Gasteiger charge is -2.13. The molecule has 1 N–H and O–H groups in total. The number of methoxy groups -OCH3 is 2. The number of benzene rings is 3. The van der Waals surface area contributed by atoms with Crippen molar-refractivity contribution in [2.75, 3.05) is 19.5 Å². The van der Waals surface area contributed by atoms with E-state index in [1.165, 1.54) is 13.2 Å². The first-order chi connectivity index (χ1) is 16.3. The number of hydrogen-bond donors (Lipinski definition) is 1. The van der Waals surface area contributed by atoms with Crippen molar-refractivity contribution >= 4 is 56.8 Å². The Morgan fingerprint density at radius 2 is 1.76 bits per heavy atom. The van der Waals surface area contributed by atoms with Gasteiger partial charge in [-0.1, -0.05) is 45.2 Å². The van der Waals surface area contributed by atoms with Gasteiger partial charge in [0.25, 0.3) is 5.91 Å². The molecule has 0 unspecified atom stereocenters. The van der Waals surface area contributed by atoms with Gasteiger partial charge in [0, 0.05) is 10.2 Å². The van der Waals surface area contributed by atoms with Gasteiger partial charge in [-0.3, -0.25) is 4.79 Å². The van der Waals surface area contributed by atoms with E-state index in [-0.39, 0.29) is 12.2 Å². The average Bonchev–Trinajstić information content (AvgIpc) is 2.84. The molecule has 0 saturated heterocycles. The van der Waals surface area contributed by atoms with E-state index in [9.17, 15) is 10.1 Å². The minimum absolute atomic E-state index is 0.0805. The van der Waals surface area contributed by atoms with Crippen LogP contribution in [0.1, 0.15) is 11.1 Å². The maximum absolute atomic E-state index is 12.6. The summed E-state index contributed by atoms with van der Waals surface area (Å²) in [5, 5.41) is 13.1. The van der Waals surface area contributed by atoms with E-state index in [4.69, 9.17) is 37.4 Å². The summed E-state index contributed by atoms with van der Waals surface area (Å²) in [6.45, 7) is 0.239. The molecule has 34 heavy (non-hydrogen) atoms. The minimum atomic E-state index is -0.543. The summed E-state index contributed by atoms with van der Waals surface area (Å²) >= 11 is 15.5. The second-order valence-corrected chi connectivity index (χ2v) is 8.58. The third-order valence-electron chi connectivity index (χ3n) is 4.67. The van der Waals surface area contributed by atoms with Crippen LogP contribution < -0.4 is 19.5 Å². The van der Waals surface area contributed by atoms with Gasteiger partial charge in [-0.15, -0.1) is 0 Å². The van der Waals surface area contributed by atoms with Crippen molar-refractivity contribution in [1.82, 2.24) is 0 Å². The summed E-state index contributed by atoms with van der Waals surface area (Å²) in [6, 6.07) is 17.3. The molecule has 1 amide bonds. The largest absolute Gasteiger partial charge is 0.497 e. The Kier molecular flexibility index (Phi) is 8.83. The molecule has 0 aliphatic carbocycles. The van der Waals surface area contributed by atoms with Gasteiger partial charge in [0.05, 0.1) is 24.3 Å².